The molecule has 3 N–H and O–H groups in total. The number of hydrogen-bond donors (Lipinski definition) is 2. The number of anilines is 2. The van der Waals surface area contributed by atoms with Crippen LogP contribution in [0, 0.1) is 5.92 Å². The summed E-state index contributed by atoms with van der Waals surface area (Å²) in [6, 6.07) is 5.41. The summed E-state index contributed by atoms with van der Waals surface area (Å²) in [5.74, 6) is 0.251. The Labute approximate surface area is 180 Å². The fourth-order valence-corrected chi connectivity index (χ4v) is 4.82. The Kier molecular flexibility index (Phi) is 5.21. The van der Waals surface area contributed by atoms with E-state index in [4.69, 9.17) is 38.7 Å². The second-order valence-corrected chi connectivity index (χ2v) is 8.58. The second kappa shape index (κ2) is 7.54. The van der Waals surface area contributed by atoms with Crippen molar-refractivity contribution in [2.24, 2.45) is 5.92 Å². The number of nitrogens with zero attached hydrogens (tertiary/aromatic N) is 1. The molecular formula is C22H23Cl2N3O2. The van der Waals surface area contributed by atoms with Crippen molar-refractivity contribution < 1.29 is 9.53 Å². The molecule has 4 rings (SSSR count). The molecule has 5 nitrogen and oxygen atoms in total. The molecule has 0 saturated heterocycles. The first-order chi connectivity index (χ1) is 13.8. The van der Waals surface area contributed by atoms with Crippen LogP contribution >= 0.6 is 23.2 Å². The fourth-order valence-electron chi connectivity index (χ4n) is 4.41. The van der Waals surface area contributed by atoms with E-state index >= 15 is 0 Å². The zero-order valence-electron chi connectivity index (χ0n) is 16.6. The number of carbonyl (C=O) groups is 1. The van der Waals surface area contributed by atoms with Gasteiger partial charge in [0.15, 0.2) is 0 Å². The molecule has 1 aromatic heterocycles. The van der Waals surface area contributed by atoms with Crippen LogP contribution in [0.4, 0.5) is 11.5 Å². The van der Waals surface area contributed by atoms with Crippen LogP contribution in [0.3, 0.4) is 0 Å². The predicted molar refractivity (Wildman–Crippen MR) is 116 cm³/mol. The molecule has 152 valence electrons. The number of benzene rings is 1. The smallest absolute Gasteiger partial charge is 0.336 e. The molecule has 2 unspecified atom stereocenters. The standard InChI is InChI=1S/C22H23Cl2N3O2/c1-10-7-8-15-13(9-10)20(25)18-17(12-5-4-6-14(23)19(12)24)16(22(28)29-3)11(2)26-21(18)27-15/h4-6,10,17H,7-9H2,1-3H3,(H3,25,26,27). The van der Waals surface area contributed by atoms with E-state index in [1.54, 1.807) is 6.07 Å². The number of pyridine rings is 1. The Bertz CT molecular complexity index is 1050. The number of aromatic nitrogens is 1. The van der Waals surface area contributed by atoms with Crippen molar-refractivity contribution in [1.29, 1.82) is 0 Å². The van der Waals surface area contributed by atoms with Gasteiger partial charge in [-0.25, -0.2) is 9.78 Å². The van der Waals surface area contributed by atoms with Crippen molar-refractivity contribution >= 4 is 40.7 Å². The van der Waals surface area contributed by atoms with Gasteiger partial charge in [0.1, 0.15) is 5.82 Å². The molecule has 0 saturated carbocycles. The second-order valence-electron chi connectivity index (χ2n) is 7.79. The molecule has 0 bridgehead atoms. The molecule has 1 aromatic carbocycles. The van der Waals surface area contributed by atoms with E-state index in [9.17, 15) is 4.79 Å². The van der Waals surface area contributed by atoms with Crippen LogP contribution in [0.15, 0.2) is 29.5 Å². The van der Waals surface area contributed by atoms with E-state index in [1.165, 1.54) is 7.11 Å². The quantitative estimate of drug-likeness (QED) is 0.646. The minimum atomic E-state index is -0.514. The third-order valence-electron chi connectivity index (χ3n) is 5.88. The van der Waals surface area contributed by atoms with Gasteiger partial charge in [0, 0.05) is 22.6 Å². The number of allylic oxidation sites excluding steroid dienone is 1. The average Bonchev–Trinajstić information content (AvgIpc) is 2.69. The number of hydrogen-bond acceptors (Lipinski definition) is 5. The molecule has 0 fully saturated rings. The largest absolute Gasteiger partial charge is 0.466 e. The van der Waals surface area contributed by atoms with Crippen LogP contribution in [-0.2, 0) is 22.4 Å². The van der Waals surface area contributed by atoms with E-state index in [0.717, 1.165) is 36.1 Å². The molecule has 1 aliphatic carbocycles. The van der Waals surface area contributed by atoms with Gasteiger partial charge in [0.25, 0.3) is 0 Å². The number of carbonyl (C=O) groups excluding carboxylic acids is 1. The van der Waals surface area contributed by atoms with Crippen LogP contribution in [0.1, 0.15) is 48.6 Å². The van der Waals surface area contributed by atoms with Crippen LogP contribution in [0.25, 0.3) is 0 Å². The van der Waals surface area contributed by atoms with E-state index in [0.29, 0.717) is 44.3 Å². The van der Waals surface area contributed by atoms with Gasteiger partial charge in [-0.1, -0.05) is 42.3 Å². The van der Waals surface area contributed by atoms with Gasteiger partial charge in [-0.05, 0) is 49.3 Å². The highest BCUT2D eigenvalue weighted by Gasteiger charge is 2.38. The summed E-state index contributed by atoms with van der Waals surface area (Å²) in [5.41, 5.74) is 12.1. The van der Waals surface area contributed by atoms with Crippen molar-refractivity contribution in [3.8, 4) is 0 Å². The summed E-state index contributed by atoms with van der Waals surface area (Å²) >= 11 is 12.9. The molecule has 0 radical (unpaired) electrons. The molecule has 29 heavy (non-hydrogen) atoms. The number of rotatable bonds is 2. The number of nitrogen functional groups attached to an aromatic ring is 1. The molecule has 2 heterocycles. The van der Waals surface area contributed by atoms with Gasteiger partial charge in [-0.2, -0.15) is 0 Å². The Hall–Kier alpha value is -2.24. The Balaban J connectivity index is 2.02. The van der Waals surface area contributed by atoms with Gasteiger partial charge in [0.05, 0.1) is 28.6 Å². The first-order valence-corrected chi connectivity index (χ1v) is 10.4. The highest BCUT2D eigenvalue weighted by molar-refractivity contribution is 6.42. The summed E-state index contributed by atoms with van der Waals surface area (Å²) < 4.78 is 5.09. The van der Waals surface area contributed by atoms with Crippen molar-refractivity contribution in [1.82, 2.24) is 4.98 Å². The number of esters is 1. The number of fused-ring (bicyclic) bond motifs is 2. The number of nitrogens with one attached hydrogen (secondary N) is 1. The third-order valence-corrected chi connectivity index (χ3v) is 6.71. The lowest BCUT2D eigenvalue weighted by atomic mass is 9.78. The minimum Gasteiger partial charge on any atom is -0.466 e. The third kappa shape index (κ3) is 3.26. The van der Waals surface area contributed by atoms with Crippen molar-refractivity contribution in [2.45, 2.75) is 39.0 Å². The summed E-state index contributed by atoms with van der Waals surface area (Å²) in [6.45, 7) is 4.05. The van der Waals surface area contributed by atoms with Crippen molar-refractivity contribution in [2.75, 3.05) is 18.2 Å². The Morgan fingerprint density at radius 3 is 2.83 bits per heavy atom. The van der Waals surface area contributed by atoms with Crippen LogP contribution in [0.5, 0.6) is 0 Å². The first kappa shape index (κ1) is 20.0. The van der Waals surface area contributed by atoms with Gasteiger partial charge in [-0.15, -0.1) is 0 Å². The lowest BCUT2D eigenvalue weighted by Crippen LogP contribution is -2.28. The van der Waals surface area contributed by atoms with Crippen molar-refractivity contribution in [3.05, 3.63) is 61.9 Å². The van der Waals surface area contributed by atoms with Crippen LogP contribution < -0.4 is 11.1 Å². The number of nitrogens with two attached hydrogens (primary N) is 1. The molecule has 7 heteroatoms. The molecule has 2 atom stereocenters. The maximum absolute atomic E-state index is 12.8. The molecule has 2 aromatic rings. The zero-order chi connectivity index (χ0) is 20.9. The number of methoxy groups -OCH3 is 1. The monoisotopic (exact) mass is 431 g/mol. The summed E-state index contributed by atoms with van der Waals surface area (Å²) in [6.07, 6.45) is 2.85. The normalized spacial score (nSPS) is 20.6. The Morgan fingerprint density at radius 2 is 2.10 bits per heavy atom. The minimum absolute atomic E-state index is 0.395. The topological polar surface area (TPSA) is 77.2 Å². The molecule has 0 spiro atoms. The zero-order valence-corrected chi connectivity index (χ0v) is 18.1. The highest BCUT2D eigenvalue weighted by Crippen LogP contribution is 2.49. The predicted octanol–water partition coefficient (Wildman–Crippen LogP) is 5.10. The maximum atomic E-state index is 12.8. The molecular weight excluding hydrogens is 409 g/mol. The number of aryl methyl sites for hydroxylation is 1. The lowest BCUT2D eigenvalue weighted by molar-refractivity contribution is -0.136. The van der Waals surface area contributed by atoms with Crippen LogP contribution in [-0.4, -0.2) is 18.1 Å². The first-order valence-electron chi connectivity index (χ1n) is 9.64. The number of ether oxygens (including phenoxy) is 1. The van der Waals surface area contributed by atoms with Gasteiger partial charge in [-0.3, -0.25) is 0 Å². The summed E-state index contributed by atoms with van der Waals surface area (Å²) in [5, 5.41) is 4.09. The van der Waals surface area contributed by atoms with Gasteiger partial charge >= 0.3 is 5.97 Å². The molecule has 2 aliphatic rings. The maximum Gasteiger partial charge on any atom is 0.336 e. The number of halogens is 2. The van der Waals surface area contributed by atoms with E-state index in [1.807, 2.05) is 19.1 Å². The van der Waals surface area contributed by atoms with E-state index in [2.05, 4.69) is 12.2 Å². The molecule has 1 aliphatic heterocycles. The average molecular weight is 432 g/mol. The van der Waals surface area contributed by atoms with Crippen LogP contribution in [0.2, 0.25) is 10.0 Å². The van der Waals surface area contributed by atoms with E-state index in [-0.39, 0.29) is 0 Å². The van der Waals surface area contributed by atoms with Gasteiger partial charge in [0.2, 0.25) is 0 Å². The Morgan fingerprint density at radius 1 is 1.34 bits per heavy atom. The fraction of sp³-hybridized carbons (Fsp3) is 0.364. The highest BCUT2D eigenvalue weighted by atomic mass is 35.5. The van der Waals surface area contributed by atoms with Gasteiger partial charge < -0.3 is 15.8 Å². The van der Waals surface area contributed by atoms with E-state index < -0.39 is 11.9 Å². The molecule has 0 amide bonds. The van der Waals surface area contributed by atoms with Crippen molar-refractivity contribution in [3.63, 3.8) is 0 Å². The lowest BCUT2D eigenvalue weighted by Gasteiger charge is -2.33. The SMILES string of the molecule is COC(=O)C1=C(C)Nc2nc3c(c(N)c2C1c1cccc(Cl)c1Cl)CC(C)CC3. The summed E-state index contributed by atoms with van der Waals surface area (Å²) in [7, 11) is 1.37. The summed E-state index contributed by atoms with van der Waals surface area (Å²) in [4.78, 5) is 17.7.